The second-order valence-corrected chi connectivity index (χ2v) is 3.04. The largest absolute Gasteiger partial charge is 0.500 e. The van der Waals surface area contributed by atoms with Crippen LogP contribution in [0.3, 0.4) is 0 Å². The molecule has 16 heavy (non-hydrogen) atoms. The highest BCUT2D eigenvalue weighted by molar-refractivity contribution is 5.74. The molecule has 0 aliphatic carbocycles. The van der Waals surface area contributed by atoms with E-state index in [9.17, 15) is 9.59 Å². The zero-order valence-corrected chi connectivity index (χ0v) is 9.82. The van der Waals surface area contributed by atoms with Gasteiger partial charge < -0.3 is 14.2 Å². The molecule has 0 aliphatic rings. The first-order valence-corrected chi connectivity index (χ1v) is 4.61. The summed E-state index contributed by atoms with van der Waals surface area (Å²) in [5.41, 5.74) is 0. The van der Waals surface area contributed by atoms with Gasteiger partial charge in [-0.3, -0.25) is 14.5 Å². The molecule has 92 valence electrons. The fourth-order valence-electron chi connectivity index (χ4n) is 0.976. The standard InChI is InChI=1S/C10H17NO5/c1-8(14-2)5-11(6-9(12)15-3)7-10(13)16-4/h1,5-7H2,2-4H3. The first-order chi connectivity index (χ1) is 7.53. The highest BCUT2D eigenvalue weighted by Crippen LogP contribution is 1.98. The van der Waals surface area contributed by atoms with Crippen LogP contribution in [0.5, 0.6) is 0 Å². The van der Waals surface area contributed by atoms with Crippen molar-refractivity contribution in [2.75, 3.05) is 41.0 Å². The molecule has 0 spiro atoms. The minimum atomic E-state index is -0.437. The Morgan fingerprint density at radius 2 is 1.38 bits per heavy atom. The van der Waals surface area contributed by atoms with Crippen LogP contribution in [0, 0.1) is 0 Å². The lowest BCUT2D eigenvalue weighted by molar-refractivity contribution is -0.145. The Balaban J connectivity index is 4.31. The van der Waals surface area contributed by atoms with Crippen molar-refractivity contribution in [3.05, 3.63) is 12.3 Å². The lowest BCUT2D eigenvalue weighted by Crippen LogP contribution is -2.37. The quantitative estimate of drug-likeness (QED) is 0.446. The zero-order valence-electron chi connectivity index (χ0n) is 9.82. The van der Waals surface area contributed by atoms with Crippen LogP contribution in [0.2, 0.25) is 0 Å². The molecule has 0 rings (SSSR count). The molecular weight excluding hydrogens is 214 g/mol. The Morgan fingerprint density at radius 3 is 1.69 bits per heavy atom. The number of hydrogen-bond donors (Lipinski definition) is 0. The number of carbonyl (C=O) groups excluding carboxylic acids is 2. The Labute approximate surface area is 94.8 Å². The van der Waals surface area contributed by atoms with Gasteiger partial charge in [-0.05, 0) is 0 Å². The summed E-state index contributed by atoms with van der Waals surface area (Å²) in [6.07, 6.45) is 0. The van der Waals surface area contributed by atoms with Crippen LogP contribution in [0.15, 0.2) is 12.3 Å². The van der Waals surface area contributed by atoms with Crippen molar-refractivity contribution in [1.82, 2.24) is 4.90 Å². The SMILES string of the molecule is C=C(CN(CC(=O)OC)CC(=O)OC)OC. The van der Waals surface area contributed by atoms with Crippen molar-refractivity contribution < 1.29 is 23.8 Å². The maximum Gasteiger partial charge on any atom is 0.319 e. The van der Waals surface area contributed by atoms with Crippen molar-refractivity contribution in [3.8, 4) is 0 Å². The van der Waals surface area contributed by atoms with Crippen molar-refractivity contribution in [2.24, 2.45) is 0 Å². The third kappa shape index (κ3) is 6.02. The van der Waals surface area contributed by atoms with Gasteiger partial charge in [-0.2, -0.15) is 0 Å². The fraction of sp³-hybridized carbons (Fsp3) is 0.600. The topological polar surface area (TPSA) is 65.1 Å². The maximum absolute atomic E-state index is 11.1. The monoisotopic (exact) mass is 231 g/mol. The summed E-state index contributed by atoms with van der Waals surface area (Å²) in [6, 6.07) is 0. The first kappa shape index (κ1) is 14.4. The van der Waals surface area contributed by atoms with E-state index < -0.39 is 11.9 Å². The van der Waals surface area contributed by atoms with Gasteiger partial charge in [-0.15, -0.1) is 0 Å². The third-order valence-corrected chi connectivity index (χ3v) is 1.85. The van der Waals surface area contributed by atoms with E-state index in [4.69, 9.17) is 4.74 Å². The number of carbonyl (C=O) groups is 2. The number of ether oxygens (including phenoxy) is 3. The molecular formula is C10H17NO5. The molecule has 6 heteroatoms. The van der Waals surface area contributed by atoms with Gasteiger partial charge in [0.15, 0.2) is 0 Å². The van der Waals surface area contributed by atoms with E-state index in [2.05, 4.69) is 16.1 Å². The van der Waals surface area contributed by atoms with Gasteiger partial charge >= 0.3 is 11.9 Å². The smallest absolute Gasteiger partial charge is 0.319 e. The molecule has 0 aromatic heterocycles. The van der Waals surface area contributed by atoms with Crippen molar-refractivity contribution in [3.63, 3.8) is 0 Å². The molecule has 0 bridgehead atoms. The zero-order chi connectivity index (χ0) is 12.6. The van der Waals surface area contributed by atoms with E-state index in [0.717, 1.165) is 0 Å². The third-order valence-electron chi connectivity index (χ3n) is 1.85. The van der Waals surface area contributed by atoms with Gasteiger partial charge in [0.05, 0.1) is 41.0 Å². The van der Waals surface area contributed by atoms with Crippen LogP contribution in [0.1, 0.15) is 0 Å². The van der Waals surface area contributed by atoms with Gasteiger partial charge in [0.2, 0.25) is 0 Å². The number of methoxy groups -OCH3 is 3. The molecule has 0 saturated heterocycles. The van der Waals surface area contributed by atoms with Crippen molar-refractivity contribution in [2.45, 2.75) is 0 Å². The maximum atomic E-state index is 11.1. The van der Waals surface area contributed by atoms with E-state index in [1.165, 1.54) is 26.2 Å². The van der Waals surface area contributed by atoms with Crippen molar-refractivity contribution in [1.29, 1.82) is 0 Å². The molecule has 0 N–H and O–H groups in total. The molecule has 0 radical (unpaired) electrons. The highest BCUT2D eigenvalue weighted by atomic mass is 16.5. The van der Waals surface area contributed by atoms with Gasteiger partial charge in [-0.25, -0.2) is 0 Å². The fourth-order valence-corrected chi connectivity index (χ4v) is 0.976. The van der Waals surface area contributed by atoms with Crippen LogP contribution in [0.4, 0.5) is 0 Å². The molecule has 0 unspecified atom stereocenters. The number of hydrogen-bond acceptors (Lipinski definition) is 6. The van der Waals surface area contributed by atoms with Gasteiger partial charge in [0.25, 0.3) is 0 Å². The Morgan fingerprint density at radius 1 is 0.938 bits per heavy atom. The molecule has 0 aliphatic heterocycles. The second-order valence-electron chi connectivity index (χ2n) is 3.04. The molecule has 0 fully saturated rings. The summed E-state index contributed by atoms with van der Waals surface area (Å²) in [4.78, 5) is 23.7. The Kier molecular flexibility index (Phi) is 6.95. The van der Waals surface area contributed by atoms with Gasteiger partial charge in [-0.1, -0.05) is 6.58 Å². The Hall–Kier alpha value is -1.56. The van der Waals surface area contributed by atoms with Crippen molar-refractivity contribution >= 4 is 11.9 Å². The average Bonchev–Trinajstić information content (AvgIpc) is 2.28. The number of rotatable bonds is 7. The van der Waals surface area contributed by atoms with Crippen LogP contribution < -0.4 is 0 Å². The van der Waals surface area contributed by atoms with E-state index >= 15 is 0 Å². The predicted molar refractivity (Wildman–Crippen MR) is 56.6 cm³/mol. The van der Waals surface area contributed by atoms with Crippen LogP contribution >= 0.6 is 0 Å². The summed E-state index contributed by atoms with van der Waals surface area (Å²) < 4.78 is 13.9. The molecule has 0 saturated carbocycles. The Bertz CT molecular complexity index is 221. The summed E-state index contributed by atoms with van der Waals surface area (Å²) in [6.45, 7) is 3.84. The molecule has 0 amide bonds. The number of esters is 2. The van der Waals surface area contributed by atoms with Crippen LogP contribution in [-0.2, 0) is 23.8 Å². The summed E-state index contributed by atoms with van der Waals surface area (Å²) >= 11 is 0. The van der Waals surface area contributed by atoms with E-state index in [1.54, 1.807) is 0 Å². The summed E-state index contributed by atoms with van der Waals surface area (Å²) in [5.74, 6) is -0.423. The molecule has 0 heterocycles. The summed E-state index contributed by atoms with van der Waals surface area (Å²) in [7, 11) is 4.03. The van der Waals surface area contributed by atoms with Crippen LogP contribution in [-0.4, -0.2) is 57.8 Å². The van der Waals surface area contributed by atoms with Crippen LogP contribution in [0.25, 0.3) is 0 Å². The van der Waals surface area contributed by atoms with Gasteiger partial charge in [0.1, 0.15) is 5.76 Å². The predicted octanol–water partition coefficient (Wildman–Crippen LogP) is -0.205. The molecule has 0 atom stereocenters. The van der Waals surface area contributed by atoms with E-state index in [1.807, 2.05) is 0 Å². The average molecular weight is 231 g/mol. The molecule has 0 aromatic rings. The minimum absolute atomic E-state index is 0.0199. The lowest BCUT2D eigenvalue weighted by atomic mass is 10.4. The second kappa shape index (κ2) is 7.70. The first-order valence-electron chi connectivity index (χ1n) is 4.61. The van der Waals surface area contributed by atoms with E-state index in [0.29, 0.717) is 5.76 Å². The highest BCUT2D eigenvalue weighted by Gasteiger charge is 2.16. The molecule has 6 nitrogen and oxygen atoms in total. The molecule has 0 aromatic carbocycles. The lowest BCUT2D eigenvalue weighted by Gasteiger charge is -2.19. The van der Waals surface area contributed by atoms with Gasteiger partial charge in [0, 0.05) is 0 Å². The van der Waals surface area contributed by atoms with E-state index in [-0.39, 0.29) is 19.6 Å². The number of nitrogens with zero attached hydrogens (tertiary/aromatic N) is 1. The normalized spacial score (nSPS) is 9.75. The minimum Gasteiger partial charge on any atom is -0.500 e. The summed E-state index contributed by atoms with van der Waals surface area (Å²) in [5, 5.41) is 0.